The summed E-state index contributed by atoms with van der Waals surface area (Å²) in [6.45, 7) is 4.16. The molecule has 1 N–H and O–H groups in total. The van der Waals surface area contributed by atoms with Crippen molar-refractivity contribution in [2.75, 3.05) is 0 Å². The van der Waals surface area contributed by atoms with E-state index >= 15 is 0 Å². The second kappa shape index (κ2) is 4.03. The van der Waals surface area contributed by atoms with Crippen molar-refractivity contribution in [3.63, 3.8) is 0 Å². The van der Waals surface area contributed by atoms with E-state index in [9.17, 15) is 4.79 Å². The summed E-state index contributed by atoms with van der Waals surface area (Å²) in [6.07, 6.45) is 2.36. The fraction of sp³-hybridized carbons (Fsp3) is 0.400. The highest BCUT2D eigenvalue weighted by atomic mass is 16.4. The molecule has 70 valence electrons. The lowest BCUT2D eigenvalue weighted by molar-refractivity contribution is 0.0696. The number of aromatic nitrogens is 1. The topological polar surface area (TPSA) is 50.2 Å². The van der Waals surface area contributed by atoms with Gasteiger partial charge in [-0.25, -0.2) is 4.79 Å². The largest absolute Gasteiger partial charge is 0.478 e. The summed E-state index contributed by atoms with van der Waals surface area (Å²) in [6, 6.07) is 3.13. The second-order valence-corrected chi connectivity index (χ2v) is 3.44. The van der Waals surface area contributed by atoms with Gasteiger partial charge in [0.05, 0.1) is 5.56 Å². The van der Waals surface area contributed by atoms with Crippen LogP contribution in [-0.2, 0) is 6.42 Å². The highest BCUT2D eigenvalue weighted by Crippen LogP contribution is 2.07. The van der Waals surface area contributed by atoms with Crippen molar-refractivity contribution in [3.05, 3.63) is 29.6 Å². The Morgan fingerprint density at radius 2 is 2.31 bits per heavy atom. The van der Waals surface area contributed by atoms with Gasteiger partial charge in [-0.05, 0) is 24.5 Å². The molecule has 0 aliphatic rings. The Morgan fingerprint density at radius 1 is 1.62 bits per heavy atom. The van der Waals surface area contributed by atoms with Crippen LogP contribution in [0.3, 0.4) is 0 Å². The first-order chi connectivity index (χ1) is 6.09. The Bertz CT molecular complexity index is 308. The molecule has 0 aliphatic heterocycles. The Labute approximate surface area is 77.4 Å². The van der Waals surface area contributed by atoms with Gasteiger partial charge in [0, 0.05) is 11.9 Å². The summed E-state index contributed by atoms with van der Waals surface area (Å²) in [5.74, 6) is -0.399. The van der Waals surface area contributed by atoms with Gasteiger partial charge in [-0.15, -0.1) is 0 Å². The molecule has 13 heavy (non-hydrogen) atoms. The number of pyridine rings is 1. The normalized spacial score (nSPS) is 10.4. The van der Waals surface area contributed by atoms with Crippen LogP contribution in [0, 0.1) is 5.92 Å². The van der Waals surface area contributed by atoms with E-state index in [0.717, 1.165) is 12.1 Å². The van der Waals surface area contributed by atoms with Crippen LogP contribution in [0.1, 0.15) is 29.9 Å². The van der Waals surface area contributed by atoms with Crippen LogP contribution in [0.4, 0.5) is 0 Å². The number of hydrogen-bond acceptors (Lipinski definition) is 2. The molecule has 0 radical (unpaired) electrons. The van der Waals surface area contributed by atoms with Crippen molar-refractivity contribution in [2.45, 2.75) is 20.3 Å². The van der Waals surface area contributed by atoms with Gasteiger partial charge in [0.15, 0.2) is 0 Å². The molecule has 1 aromatic rings. The number of hydrogen-bond donors (Lipinski definition) is 1. The van der Waals surface area contributed by atoms with Crippen molar-refractivity contribution < 1.29 is 9.90 Å². The van der Waals surface area contributed by atoms with E-state index in [4.69, 9.17) is 5.11 Å². The van der Waals surface area contributed by atoms with E-state index in [-0.39, 0.29) is 0 Å². The molecule has 0 unspecified atom stereocenters. The lowest BCUT2D eigenvalue weighted by atomic mass is 10.1. The van der Waals surface area contributed by atoms with Crippen molar-refractivity contribution >= 4 is 5.97 Å². The molecule has 0 spiro atoms. The minimum absolute atomic E-state index is 0.311. The van der Waals surface area contributed by atoms with E-state index < -0.39 is 5.97 Å². The maximum absolute atomic E-state index is 10.6. The molecule has 3 heteroatoms. The van der Waals surface area contributed by atoms with Gasteiger partial charge in [0.2, 0.25) is 0 Å². The summed E-state index contributed by atoms with van der Waals surface area (Å²) in [4.78, 5) is 14.7. The lowest BCUT2D eigenvalue weighted by Crippen LogP contribution is -2.01. The summed E-state index contributed by atoms with van der Waals surface area (Å²) in [5, 5.41) is 8.72. The standard InChI is InChI=1S/C10H13NO2/c1-7(2)5-9-6-8(10(12)13)3-4-11-9/h3-4,6-7H,5H2,1-2H3,(H,12,13). The third kappa shape index (κ3) is 2.86. The van der Waals surface area contributed by atoms with E-state index in [0.29, 0.717) is 11.5 Å². The first-order valence-corrected chi connectivity index (χ1v) is 4.28. The van der Waals surface area contributed by atoms with Crippen LogP contribution in [0.2, 0.25) is 0 Å². The van der Waals surface area contributed by atoms with Crippen LogP contribution in [0.25, 0.3) is 0 Å². The van der Waals surface area contributed by atoms with Gasteiger partial charge in [0.1, 0.15) is 0 Å². The van der Waals surface area contributed by atoms with E-state index in [1.54, 1.807) is 12.3 Å². The fourth-order valence-corrected chi connectivity index (χ4v) is 1.14. The zero-order chi connectivity index (χ0) is 9.84. The van der Waals surface area contributed by atoms with Crippen LogP contribution < -0.4 is 0 Å². The number of carboxylic acids is 1. The van der Waals surface area contributed by atoms with Crippen molar-refractivity contribution in [3.8, 4) is 0 Å². The molecule has 1 rings (SSSR count). The number of carbonyl (C=O) groups is 1. The SMILES string of the molecule is CC(C)Cc1cc(C(=O)O)ccn1. The smallest absolute Gasteiger partial charge is 0.335 e. The first-order valence-electron chi connectivity index (χ1n) is 4.28. The quantitative estimate of drug-likeness (QED) is 0.771. The van der Waals surface area contributed by atoms with Gasteiger partial charge in [0.25, 0.3) is 0 Å². The first kappa shape index (κ1) is 9.71. The molecular formula is C10H13NO2. The molecule has 0 aliphatic carbocycles. The van der Waals surface area contributed by atoms with Gasteiger partial charge < -0.3 is 5.11 Å². The van der Waals surface area contributed by atoms with E-state index in [1.165, 1.54) is 6.07 Å². The zero-order valence-electron chi connectivity index (χ0n) is 7.82. The summed E-state index contributed by atoms with van der Waals surface area (Å²) in [7, 11) is 0. The van der Waals surface area contributed by atoms with Gasteiger partial charge >= 0.3 is 5.97 Å². The predicted molar refractivity (Wildman–Crippen MR) is 49.7 cm³/mol. The predicted octanol–water partition coefficient (Wildman–Crippen LogP) is 1.98. The van der Waals surface area contributed by atoms with Crippen molar-refractivity contribution in [1.82, 2.24) is 4.98 Å². The number of nitrogens with zero attached hydrogens (tertiary/aromatic N) is 1. The molecule has 1 heterocycles. The zero-order valence-corrected chi connectivity index (χ0v) is 7.82. The van der Waals surface area contributed by atoms with Crippen LogP contribution in [0.15, 0.2) is 18.3 Å². The highest BCUT2D eigenvalue weighted by molar-refractivity contribution is 5.87. The minimum Gasteiger partial charge on any atom is -0.478 e. The molecule has 0 bridgehead atoms. The Hall–Kier alpha value is -1.38. The molecule has 0 atom stereocenters. The van der Waals surface area contributed by atoms with Crippen molar-refractivity contribution in [2.24, 2.45) is 5.92 Å². The van der Waals surface area contributed by atoms with Gasteiger partial charge in [-0.2, -0.15) is 0 Å². The molecular weight excluding hydrogens is 166 g/mol. The minimum atomic E-state index is -0.896. The fourth-order valence-electron chi connectivity index (χ4n) is 1.14. The van der Waals surface area contributed by atoms with Gasteiger partial charge in [-0.1, -0.05) is 13.8 Å². The third-order valence-electron chi connectivity index (χ3n) is 1.68. The van der Waals surface area contributed by atoms with Crippen LogP contribution in [-0.4, -0.2) is 16.1 Å². The summed E-state index contributed by atoms with van der Waals surface area (Å²) < 4.78 is 0. The molecule has 3 nitrogen and oxygen atoms in total. The molecule has 1 aromatic heterocycles. The lowest BCUT2D eigenvalue weighted by Gasteiger charge is -2.03. The maximum Gasteiger partial charge on any atom is 0.335 e. The number of carboxylic acid groups (broad SMARTS) is 1. The Morgan fingerprint density at radius 3 is 2.85 bits per heavy atom. The van der Waals surface area contributed by atoms with Crippen molar-refractivity contribution in [1.29, 1.82) is 0 Å². The average molecular weight is 179 g/mol. The summed E-state index contributed by atoms with van der Waals surface area (Å²) >= 11 is 0. The maximum atomic E-state index is 10.6. The van der Waals surface area contributed by atoms with Crippen LogP contribution in [0.5, 0.6) is 0 Å². The molecule has 0 saturated carbocycles. The molecule has 0 fully saturated rings. The number of rotatable bonds is 3. The molecule has 0 aromatic carbocycles. The summed E-state index contributed by atoms with van der Waals surface area (Å²) in [5.41, 5.74) is 1.15. The average Bonchev–Trinajstić information content (AvgIpc) is 2.03. The highest BCUT2D eigenvalue weighted by Gasteiger charge is 2.04. The van der Waals surface area contributed by atoms with Crippen LogP contribution >= 0.6 is 0 Å². The second-order valence-electron chi connectivity index (χ2n) is 3.44. The third-order valence-corrected chi connectivity index (χ3v) is 1.68. The number of aromatic carboxylic acids is 1. The molecule has 0 amide bonds. The molecule has 0 saturated heterocycles. The van der Waals surface area contributed by atoms with E-state index in [1.807, 2.05) is 0 Å². The van der Waals surface area contributed by atoms with Gasteiger partial charge in [-0.3, -0.25) is 4.98 Å². The Balaban J connectivity index is 2.85. The van der Waals surface area contributed by atoms with E-state index in [2.05, 4.69) is 18.8 Å². The Kier molecular flexibility index (Phi) is 3.01. The monoisotopic (exact) mass is 179 g/mol.